The van der Waals surface area contributed by atoms with Crippen LogP contribution in [0.3, 0.4) is 0 Å². The Kier molecular flexibility index (Phi) is 5.31. The number of anilines is 2. The number of hydrogen-bond acceptors (Lipinski definition) is 4. The summed E-state index contributed by atoms with van der Waals surface area (Å²) in [7, 11) is 0. The number of rotatable bonds is 4. The number of halogens is 1. The molecular formula is C22H16ClN3O. The Labute approximate surface area is 163 Å². The van der Waals surface area contributed by atoms with Gasteiger partial charge in [0.05, 0.1) is 23.3 Å². The summed E-state index contributed by atoms with van der Waals surface area (Å²) in [5.41, 5.74) is 4.58. The molecule has 0 atom stereocenters. The molecule has 0 unspecified atom stereocenters. The molecule has 4 nitrogen and oxygen atoms in total. The lowest BCUT2D eigenvalue weighted by molar-refractivity contribution is 0.475. The Bertz CT molecular complexity index is 1050. The van der Waals surface area contributed by atoms with Crippen LogP contribution in [0.4, 0.5) is 11.4 Å². The number of nitrogens with zero attached hydrogens (tertiary/aromatic N) is 2. The van der Waals surface area contributed by atoms with Crippen LogP contribution in [-0.2, 0) is 0 Å². The topological polar surface area (TPSA) is 68.8 Å². The first-order valence-electron chi connectivity index (χ1n) is 8.25. The molecule has 3 rings (SSSR count). The lowest BCUT2D eigenvalue weighted by Gasteiger charge is -2.14. The maximum absolute atomic E-state index is 9.08. The molecular weight excluding hydrogens is 358 g/mol. The third-order valence-corrected chi connectivity index (χ3v) is 4.20. The monoisotopic (exact) mass is 373 g/mol. The standard InChI is InChI=1S/C22H16ClN3O/c1-14-7-17(13-25)8-15(2)22(14)27-21-10-18(23)9-20(11-21)26-19-5-3-16(12-24)4-6-19/h3-11,26H,1-2H3. The van der Waals surface area contributed by atoms with Crippen LogP contribution in [-0.4, -0.2) is 0 Å². The Balaban J connectivity index is 1.88. The third-order valence-electron chi connectivity index (χ3n) is 3.98. The molecule has 0 radical (unpaired) electrons. The average molecular weight is 374 g/mol. The molecule has 3 aromatic rings. The minimum atomic E-state index is 0.535. The Morgan fingerprint density at radius 3 is 2.04 bits per heavy atom. The highest BCUT2D eigenvalue weighted by Gasteiger charge is 2.09. The van der Waals surface area contributed by atoms with Gasteiger partial charge in [0.25, 0.3) is 0 Å². The molecule has 0 bridgehead atoms. The predicted octanol–water partition coefficient (Wildman–Crippen LogP) is 6.24. The highest BCUT2D eigenvalue weighted by atomic mass is 35.5. The van der Waals surface area contributed by atoms with Crippen LogP contribution in [0.5, 0.6) is 11.5 Å². The molecule has 0 amide bonds. The fourth-order valence-electron chi connectivity index (χ4n) is 2.78. The molecule has 1 N–H and O–H groups in total. The van der Waals surface area contributed by atoms with E-state index in [0.29, 0.717) is 27.6 Å². The molecule has 0 aromatic heterocycles. The van der Waals surface area contributed by atoms with Gasteiger partial charge in [0.15, 0.2) is 0 Å². The summed E-state index contributed by atoms with van der Waals surface area (Å²) >= 11 is 6.25. The van der Waals surface area contributed by atoms with E-state index < -0.39 is 0 Å². The van der Waals surface area contributed by atoms with Crippen molar-refractivity contribution in [2.75, 3.05) is 5.32 Å². The summed E-state index contributed by atoms with van der Waals surface area (Å²) < 4.78 is 6.06. The second kappa shape index (κ2) is 7.83. The van der Waals surface area contributed by atoms with Gasteiger partial charge in [-0.25, -0.2) is 0 Å². The summed E-state index contributed by atoms with van der Waals surface area (Å²) in [6.45, 7) is 3.81. The molecule has 0 aliphatic carbocycles. The smallest absolute Gasteiger partial charge is 0.133 e. The maximum Gasteiger partial charge on any atom is 0.133 e. The van der Waals surface area contributed by atoms with Gasteiger partial charge < -0.3 is 10.1 Å². The predicted molar refractivity (Wildman–Crippen MR) is 107 cm³/mol. The van der Waals surface area contributed by atoms with Gasteiger partial charge in [-0.1, -0.05) is 11.6 Å². The summed E-state index contributed by atoms with van der Waals surface area (Å²) in [6.07, 6.45) is 0. The van der Waals surface area contributed by atoms with E-state index in [-0.39, 0.29) is 0 Å². The number of ether oxygens (including phenoxy) is 1. The zero-order valence-corrected chi connectivity index (χ0v) is 15.6. The molecule has 0 aliphatic heterocycles. The fourth-order valence-corrected chi connectivity index (χ4v) is 3.01. The second-order valence-electron chi connectivity index (χ2n) is 6.14. The van der Waals surface area contributed by atoms with Crippen LogP contribution in [0.1, 0.15) is 22.3 Å². The van der Waals surface area contributed by atoms with Crippen LogP contribution in [0.25, 0.3) is 0 Å². The molecule has 0 spiro atoms. The van der Waals surface area contributed by atoms with Gasteiger partial charge >= 0.3 is 0 Å². The third kappa shape index (κ3) is 4.39. The lowest BCUT2D eigenvalue weighted by Crippen LogP contribution is -1.95. The number of nitriles is 2. The number of benzene rings is 3. The minimum absolute atomic E-state index is 0.535. The maximum atomic E-state index is 9.08. The van der Waals surface area contributed by atoms with Gasteiger partial charge in [0, 0.05) is 22.5 Å². The van der Waals surface area contributed by atoms with Crippen molar-refractivity contribution in [2.24, 2.45) is 0 Å². The van der Waals surface area contributed by atoms with E-state index in [1.807, 2.05) is 32.0 Å². The fraction of sp³-hybridized carbons (Fsp3) is 0.0909. The van der Waals surface area contributed by atoms with Gasteiger partial charge in [-0.2, -0.15) is 10.5 Å². The first-order chi connectivity index (χ1) is 13.0. The van der Waals surface area contributed by atoms with Crippen molar-refractivity contribution in [3.63, 3.8) is 0 Å². The minimum Gasteiger partial charge on any atom is -0.457 e. The lowest BCUT2D eigenvalue weighted by atomic mass is 10.1. The molecule has 0 fully saturated rings. The number of hydrogen-bond donors (Lipinski definition) is 1. The van der Waals surface area contributed by atoms with Gasteiger partial charge in [-0.05, 0) is 73.5 Å². The van der Waals surface area contributed by atoms with E-state index in [1.54, 1.807) is 36.4 Å². The molecule has 0 aliphatic rings. The van der Waals surface area contributed by atoms with Gasteiger partial charge in [0.2, 0.25) is 0 Å². The van der Waals surface area contributed by atoms with E-state index in [0.717, 1.165) is 22.5 Å². The zero-order valence-electron chi connectivity index (χ0n) is 14.9. The normalized spacial score (nSPS) is 9.96. The van der Waals surface area contributed by atoms with Crippen molar-refractivity contribution in [1.29, 1.82) is 10.5 Å². The Hall–Kier alpha value is -3.47. The molecule has 132 valence electrons. The Morgan fingerprint density at radius 2 is 1.44 bits per heavy atom. The largest absolute Gasteiger partial charge is 0.457 e. The van der Waals surface area contributed by atoms with Crippen LogP contribution < -0.4 is 10.1 Å². The summed E-state index contributed by atoms with van der Waals surface area (Å²) in [5, 5.41) is 21.8. The summed E-state index contributed by atoms with van der Waals surface area (Å²) in [4.78, 5) is 0. The number of aryl methyl sites for hydroxylation is 2. The summed E-state index contributed by atoms with van der Waals surface area (Å²) in [6, 6.07) is 20.4. The molecule has 5 heteroatoms. The molecule has 0 saturated carbocycles. The summed E-state index contributed by atoms with van der Waals surface area (Å²) in [5.74, 6) is 1.30. The van der Waals surface area contributed by atoms with Gasteiger partial charge in [-0.15, -0.1) is 0 Å². The molecule has 0 heterocycles. The first-order valence-corrected chi connectivity index (χ1v) is 8.63. The average Bonchev–Trinajstić information content (AvgIpc) is 2.64. The van der Waals surface area contributed by atoms with Gasteiger partial charge in [0.1, 0.15) is 11.5 Å². The van der Waals surface area contributed by atoms with Crippen LogP contribution in [0.2, 0.25) is 5.02 Å². The Morgan fingerprint density at radius 1 is 0.815 bits per heavy atom. The van der Waals surface area contributed by atoms with E-state index in [2.05, 4.69) is 17.5 Å². The van der Waals surface area contributed by atoms with E-state index >= 15 is 0 Å². The quantitative estimate of drug-likeness (QED) is 0.588. The van der Waals surface area contributed by atoms with Crippen molar-refractivity contribution in [2.45, 2.75) is 13.8 Å². The van der Waals surface area contributed by atoms with Crippen LogP contribution in [0, 0.1) is 36.5 Å². The molecule has 27 heavy (non-hydrogen) atoms. The second-order valence-corrected chi connectivity index (χ2v) is 6.58. The van der Waals surface area contributed by atoms with Crippen molar-refractivity contribution < 1.29 is 4.74 Å². The zero-order chi connectivity index (χ0) is 19.4. The van der Waals surface area contributed by atoms with E-state index in [1.165, 1.54) is 0 Å². The van der Waals surface area contributed by atoms with Crippen LogP contribution in [0.15, 0.2) is 54.6 Å². The highest BCUT2D eigenvalue weighted by Crippen LogP contribution is 2.33. The van der Waals surface area contributed by atoms with Crippen molar-refractivity contribution in [3.05, 3.63) is 81.9 Å². The highest BCUT2D eigenvalue weighted by molar-refractivity contribution is 6.31. The molecule has 0 saturated heterocycles. The SMILES string of the molecule is Cc1cc(C#N)cc(C)c1Oc1cc(Cl)cc(Nc2ccc(C#N)cc2)c1. The van der Waals surface area contributed by atoms with Crippen molar-refractivity contribution >= 4 is 23.0 Å². The van der Waals surface area contributed by atoms with Crippen molar-refractivity contribution in [1.82, 2.24) is 0 Å². The van der Waals surface area contributed by atoms with Gasteiger partial charge in [-0.3, -0.25) is 0 Å². The van der Waals surface area contributed by atoms with Crippen LogP contribution >= 0.6 is 11.6 Å². The van der Waals surface area contributed by atoms with Crippen molar-refractivity contribution in [3.8, 4) is 23.6 Å². The van der Waals surface area contributed by atoms with E-state index in [4.69, 9.17) is 26.9 Å². The number of nitrogens with one attached hydrogen (secondary N) is 1. The molecule has 3 aromatic carbocycles. The van der Waals surface area contributed by atoms with E-state index in [9.17, 15) is 0 Å². The first kappa shape index (κ1) is 18.3.